The Bertz CT molecular complexity index is 775. The molecule has 1 heterocycles. The molecule has 0 bridgehead atoms. The molecular formula is C19H19ClN2O2. The molecule has 0 spiro atoms. The van der Waals surface area contributed by atoms with E-state index >= 15 is 0 Å². The third-order valence-corrected chi connectivity index (χ3v) is 4.81. The van der Waals surface area contributed by atoms with E-state index < -0.39 is 6.04 Å². The van der Waals surface area contributed by atoms with Gasteiger partial charge in [-0.2, -0.15) is 0 Å². The van der Waals surface area contributed by atoms with Crippen LogP contribution < -0.4 is 5.32 Å². The van der Waals surface area contributed by atoms with Gasteiger partial charge in [0.15, 0.2) is 0 Å². The van der Waals surface area contributed by atoms with Crippen LogP contribution in [0.2, 0.25) is 5.02 Å². The molecule has 2 amide bonds. The first-order valence-electron chi connectivity index (χ1n) is 7.94. The van der Waals surface area contributed by atoms with Crippen molar-refractivity contribution in [3.8, 4) is 0 Å². The van der Waals surface area contributed by atoms with Crippen LogP contribution in [0.25, 0.3) is 0 Å². The topological polar surface area (TPSA) is 49.4 Å². The maximum absolute atomic E-state index is 12.6. The molecule has 0 aromatic heterocycles. The number of hydrogen-bond donors (Lipinski definition) is 1. The predicted molar refractivity (Wildman–Crippen MR) is 93.9 cm³/mol. The highest BCUT2D eigenvalue weighted by molar-refractivity contribution is 6.31. The molecule has 124 valence electrons. The van der Waals surface area contributed by atoms with Crippen LogP contribution in [-0.4, -0.2) is 29.8 Å². The van der Waals surface area contributed by atoms with E-state index in [1.807, 2.05) is 42.5 Å². The zero-order chi connectivity index (χ0) is 17.1. The fraction of sp³-hybridized carbons (Fsp3) is 0.263. The summed E-state index contributed by atoms with van der Waals surface area (Å²) >= 11 is 6.12. The zero-order valence-corrected chi connectivity index (χ0v) is 14.2. The Hall–Kier alpha value is -2.33. The highest BCUT2D eigenvalue weighted by atomic mass is 35.5. The molecule has 0 radical (unpaired) electrons. The Kier molecular flexibility index (Phi) is 4.86. The van der Waals surface area contributed by atoms with E-state index in [1.54, 1.807) is 13.1 Å². The molecule has 0 saturated carbocycles. The Morgan fingerprint density at radius 2 is 1.92 bits per heavy atom. The van der Waals surface area contributed by atoms with Crippen molar-refractivity contribution in [3.05, 3.63) is 70.2 Å². The number of carbonyl (C=O) groups is 2. The van der Waals surface area contributed by atoms with E-state index in [9.17, 15) is 9.59 Å². The zero-order valence-electron chi connectivity index (χ0n) is 13.5. The molecule has 2 aromatic rings. The molecule has 4 nitrogen and oxygen atoms in total. The van der Waals surface area contributed by atoms with Gasteiger partial charge in [-0.25, -0.2) is 0 Å². The van der Waals surface area contributed by atoms with E-state index in [-0.39, 0.29) is 11.8 Å². The van der Waals surface area contributed by atoms with Crippen LogP contribution in [0.4, 0.5) is 0 Å². The molecule has 2 aromatic carbocycles. The summed E-state index contributed by atoms with van der Waals surface area (Å²) in [6.07, 6.45) is 1.31. The smallest absolute Gasteiger partial charge is 0.254 e. The van der Waals surface area contributed by atoms with Gasteiger partial charge >= 0.3 is 0 Å². The first-order valence-corrected chi connectivity index (χ1v) is 8.32. The van der Waals surface area contributed by atoms with E-state index in [0.29, 0.717) is 30.0 Å². The second-order valence-corrected chi connectivity index (χ2v) is 6.34. The Labute approximate surface area is 146 Å². The maximum atomic E-state index is 12.6. The number of aryl methyl sites for hydroxylation is 1. The minimum atomic E-state index is -0.479. The van der Waals surface area contributed by atoms with Crippen molar-refractivity contribution in [2.75, 3.05) is 7.05 Å². The van der Waals surface area contributed by atoms with Crippen LogP contribution in [0.1, 0.15) is 27.9 Å². The molecule has 3 rings (SSSR count). The van der Waals surface area contributed by atoms with Gasteiger partial charge in [-0.3, -0.25) is 9.59 Å². The van der Waals surface area contributed by atoms with E-state index in [4.69, 9.17) is 11.6 Å². The quantitative estimate of drug-likeness (QED) is 0.932. The highest BCUT2D eigenvalue weighted by Crippen LogP contribution is 2.22. The molecule has 1 N–H and O–H groups in total. The average molecular weight is 343 g/mol. The van der Waals surface area contributed by atoms with Gasteiger partial charge in [-0.05, 0) is 36.1 Å². The van der Waals surface area contributed by atoms with Crippen molar-refractivity contribution in [3.63, 3.8) is 0 Å². The summed E-state index contributed by atoms with van der Waals surface area (Å²) in [6, 6.07) is 14.5. The summed E-state index contributed by atoms with van der Waals surface area (Å²) in [5.41, 5.74) is 2.54. The lowest BCUT2D eigenvalue weighted by Gasteiger charge is -2.25. The Morgan fingerprint density at radius 1 is 1.21 bits per heavy atom. The number of likely N-dealkylation sites (N-methyl/N-ethyl adjacent to an activating group) is 1. The summed E-state index contributed by atoms with van der Waals surface area (Å²) in [6.45, 7) is 0.351. The minimum Gasteiger partial charge on any atom is -0.350 e. The lowest BCUT2D eigenvalue weighted by Crippen LogP contribution is -2.46. The number of halogens is 1. The van der Waals surface area contributed by atoms with Crippen molar-refractivity contribution < 1.29 is 9.59 Å². The Balaban J connectivity index is 1.72. The molecule has 1 unspecified atom stereocenters. The number of benzene rings is 2. The molecule has 5 heteroatoms. The first-order chi connectivity index (χ1) is 11.6. The lowest BCUT2D eigenvalue weighted by molar-refractivity contribution is -0.125. The molecule has 0 aliphatic carbocycles. The summed E-state index contributed by atoms with van der Waals surface area (Å²) in [4.78, 5) is 26.7. The minimum absolute atomic E-state index is 0.110. The van der Waals surface area contributed by atoms with Gasteiger partial charge < -0.3 is 10.2 Å². The molecule has 0 saturated heterocycles. The van der Waals surface area contributed by atoms with E-state index in [0.717, 1.165) is 11.1 Å². The molecule has 1 aliphatic heterocycles. The summed E-state index contributed by atoms with van der Waals surface area (Å²) in [7, 11) is 1.68. The van der Waals surface area contributed by atoms with Crippen molar-refractivity contribution >= 4 is 23.4 Å². The maximum Gasteiger partial charge on any atom is 0.254 e. The van der Waals surface area contributed by atoms with Crippen LogP contribution >= 0.6 is 11.6 Å². The number of rotatable bonds is 3. The number of nitrogens with one attached hydrogen (secondary N) is 1. The largest absolute Gasteiger partial charge is 0.350 e. The van der Waals surface area contributed by atoms with Gasteiger partial charge in [0.25, 0.3) is 5.91 Å². The predicted octanol–water partition coefficient (Wildman–Crippen LogP) is 3.04. The fourth-order valence-electron chi connectivity index (χ4n) is 3.01. The summed E-state index contributed by atoms with van der Waals surface area (Å²) < 4.78 is 0. The third kappa shape index (κ3) is 3.29. The molecule has 24 heavy (non-hydrogen) atoms. The van der Waals surface area contributed by atoms with Gasteiger partial charge in [0, 0.05) is 24.2 Å². The molecule has 1 aliphatic rings. The van der Waals surface area contributed by atoms with E-state index in [2.05, 4.69) is 5.32 Å². The van der Waals surface area contributed by atoms with E-state index in [1.165, 1.54) is 4.90 Å². The number of nitrogens with zero attached hydrogens (tertiary/aromatic N) is 1. The average Bonchev–Trinajstić information content (AvgIpc) is 2.72. The van der Waals surface area contributed by atoms with Gasteiger partial charge in [-0.15, -0.1) is 0 Å². The van der Waals surface area contributed by atoms with Gasteiger partial charge in [0.2, 0.25) is 5.91 Å². The van der Waals surface area contributed by atoms with Crippen LogP contribution in [0.3, 0.4) is 0 Å². The number of fused-ring (bicyclic) bond motifs is 1. The standard InChI is InChI=1S/C19H19ClN2O2/c1-22-17(11-10-13-6-2-4-8-15(13)19(22)24)18(23)21-12-14-7-3-5-9-16(14)20/h2-9,17H,10-12H2,1H3,(H,21,23). The van der Waals surface area contributed by atoms with Crippen molar-refractivity contribution in [2.45, 2.75) is 25.4 Å². The number of hydrogen-bond acceptors (Lipinski definition) is 2. The van der Waals surface area contributed by atoms with Crippen LogP contribution in [-0.2, 0) is 17.8 Å². The molecule has 1 atom stereocenters. The number of carbonyl (C=O) groups excluding carboxylic acids is 2. The normalized spacial score (nSPS) is 17.2. The molecular weight excluding hydrogens is 324 g/mol. The molecule has 0 fully saturated rings. The number of amides is 2. The van der Waals surface area contributed by atoms with Crippen molar-refractivity contribution in [2.24, 2.45) is 0 Å². The van der Waals surface area contributed by atoms with Gasteiger partial charge in [-0.1, -0.05) is 48.0 Å². The SMILES string of the molecule is CN1C(=O)c2ccccc2CCC1C(=O)NCc1ccccc1Cl. The van der Waals surface area contributed by atoms with Crippen molar-refractivity contribution in [1.29, 1.82) is 0 Å². The van der Waals surface area contributed by atoms with Crippen LogP contribution in [0.5, 0.6) is 0 Å². The summed E-state index contributed by atoms with van der Waals surface area (Å²) in [5, 5.41) is 3.52. The monoisotopic (exact) mass is 342 g/mol. The second kappa shape index (κ2) is 7.05. The van der Waals surface area contributed by atoms with Gasteiger partial charge in [0.1, 0.15) is 6.04 Å². The van der Waals surface area contributed by atoms with Crippen molar-refractivity contribution in [1.82, 2.24) is 10.2 Å². The lowest BCUT2D eigenvalue weighted by atomic mass is 10.0. The van der Waals surface area contributed by atoms with Gasteiger partial charge in [0.05, 0.1) is 0 Å². The first kappa shape index (κ1) is 16.5. The highest BCUT2D eigenvalue weighted by Gasteiger charge is 2.31. The fourth-order valence-corrected chi connectivity index (χ4v) is 3.22. The van der Waals surface area contributed by atoms with Crippen LogP contribution in [0, 0.1) is 0 Å². The second-order valence-electron chi connectivity index (χ2n) is 5.94. The Morgan fingerprint density at radius 3 is 2.71 bits per heavy atom. The van der Waals surface area contributed by atoms with Crippen LogP contribution in [0.15, 0.2) is 48.5 Å². The summed E-state index contributed by atoms with van der Waals surface area (Å²) in [5.74, 6) is -0.264. The third-order valence-electron chi connectivity index (χ3n) is 4.44.